The third-order valence-electron chi connectivity index (χ3n) is 11.5. The number of rotatable bonds is 10. The molecule has 66 heavy (non-hydrogen) atoms. The molecule has 0 bridgehead atoms. The monoisotopic (exact) mass is 844 g/mol. The Morgan fingerprint density at radius 3 is 0.682 bits per heavy atom. The minimum Gasteiger partial charge on any atom is -0.208 e. The van der Waals surface area contributed by atoms with Crippen LogP contribution in [0.2, 0.25) is 0 Å². The molecule has 0 radical (unpaired) electrons. The Hall–Kier alpha value is -9.00. The summed E-state index contributed by atoms with van der Waals surface area (Å²) in [4.78, 5) is 30.0. The molecular formula is C60H40N6. The summed E-state index contributed by atoms with van der Waals surface area (Å²) in [5.41, 5.74) is 14.2. The van der Waals surface area contributed by atoms with E-state index in [1.807, 2.05) is 127 Å². The lowest BCUT2D eigenvalue weighted by Crippen LogP contribution is -2.00. The van der Waals surface area contributed by atoms with Crippen molar-refractivity contribution in [1.29, 1.82) is 0 Å². The maximum atomic E-state index is 5.10. The van der Waals surface area contributed by atoms with Crippen molar-refractivity contribution < 1.29 is 0 Å². The summed E-state index contributed by atoms with van der Waals surface area (Å²) in [5, 5.41) is 0. The molecule has 9 aromatic carbocycles. The first-order valence-electron chi connectivity index (χ1n) is 21.9. The van der Waals surface area contributed by atoms with E-state index in [9.17, 15) is 0 Å². The van der Waals surface area contributed by atoms with Crippen LogP contribution in [-0.2, 0) is 0 Å². The molecule has 0 saturated heterocycles. The van der Waals surface area contributed by atoms with Crippen LogP contribution < -0.4 is 0 Å². The predicted molar refractivity (Wildman–Crippen MR) is 268 cm³/mol. The molecule has 0 spiro atoms. The van der Waals surface area contributed by atoms with Gasteiger partial charge in [0, 0.05) is 33.4 Å². The summed E-state index contributed by atoms with van der Waals surface area (Å²) in [7, 11) is 0. The third-order valence-corrected chi connectivity index (χ3v) is 11.5. The van der Waals surface area contributed by atoms with E-state index >= 15 is 0 Å². The Bertz CT molecular complexity index is 3340. The number of nitrogens with zero attached hydrogens (tertiary/aromatic N) is 6. The molecule has 6 heteroatoms. The second-order valence-corrected chi connectivity index (χ2v) is 16.0. The number of benzene rings is 9. The average molecular weight is 845 g/mol. The van der Waals surface area contributed by atoms with Crippen molar-refractivity contribution in [1.82, 2.24) is 29.9 Å². The first-order valence-corrected chi connectivity index (χ1v) is 21.9. The van der Waals surface area contributed by atoms with Crippen LogP contribution in [0.5, 0.6) is 0 Å². The highest BCUT2D eigenvalue weighted by Gasteiger charge is 2.17. The van der Waals surface area contributed by atoms with Gasteiger partial charge in [-0.25, -0.2) is 29.9 Å². The Morgan fingerprint density at radius 2 is 0.333 bits per heavy atom. The fourth-order valence-electron chi connectivity index (χ4n) is 8.19. The maximum Gasteiger partial charge on any atom is 0.164 e. The van der Waals surface area contributed by atoms with Crippen molar-refractivity contribution in [2.75, 3.05) is 0 Å². The molecule has 0 aliphatic heterocycles. The zero-order valence-electron chi connectivity index (χ0n) is 35.8. The minimum atomic E-state index is 0.609. The highest BCUT2D eigenvalue weighted by atomic mass is 15.0. The zero-order valence-corrected chi connectivity index (χ0v) is 35.8. The van der Waals surface area contributed by atoms with E-state index in [0.29, 0.717) is 34.9 Å². The molecule has 0 aliphatic carbocycles. The lowest BCUT2D eigenvalue weighted by Gasteiger charge is -2.13. The second kappa shape index (κ2) is 18.0. The summed E-state index contributed by atoms with van der Waals surface area (Å²) in [6, 6.07) is 83.3. The maximum absolute atomic E-state index is 5.10. The molecule has 2 heterocycles. The normalized spacial score (nSPS) is 11.0. The van der Waals surface area contributed by atoms with Gasteiger partial charge in [0.15, 0.2) is 34.9 Å². The van der Waals surface area contributed by atoms with Gasteiger partial charge < -0.3 is 0 Å². The summed E-state index contributed by atoms with van der Waals surface area (Å²) in [6.45, 7) is 0. The van der Waals surface area contributed by atoms with Crippen LogP contribution in [0.1, 0.15) is 0 Å². The van der Waals surface area contributed by atoms with Gasteiger partial charge >= 0.3 is 0 Å². The molecule has 0 aliphatic rings. The topological polar surface area (TPSA) is 77.3 Å². The van der Waals surface area contributed by atoms with Crippen LogP contribution in [0.15, 0.2) is 243 Å². The van der Waals surface area contributed by atoms with E-state index in [4.69, 9.17) is 29.9 Å². The van der Waals surface area contributed by atoms with Crippen LogP contribution >= 0.6 is 0 Å². The first-order chi connectivity index (χ1) is 32.7. The lowest BCUT2D eigenvalue weighted by molar-refractivity contribution is 1.07. The second-order valence-electron chi connectivity index (χ2n) is 16.0. The molecule has 0 saturated carbocycles. The van der Waals surface area contributed by atoms with Gasteiger partial charge in [0.05, 0.1) is 0 Å². The van der Waals surface area contributed by atoms with Crippen molar-refractivity contribution in [2.45, 2.75) is 0 Å². The van der Waals surface area contributed by atoms with Gasteiger partial charge in [-0.1, -0.05) is 206 Å². The molecule has 2 aromatic heterocycles. The molecular weight excluding hydrogens is 805 g/mol. The molecule has 310 valence electrons. The van der Waals surface area contributed by atoms with Crippen LogP contribution in [-0.4, -0.2) is 29.9 Å². The van der Waals surface area contributed by atoms with E-state index in [1.54, 1.807) is 0 Å². The van der Waals surface area contributed by atoms with Crippen molar-refractivity contribution in [3.05, 3.63) is 243 Å². The first kappa shape index (κ1) is 39.8. The zero-order chi connectivity index (χ0) is 44.1. The van der Waals surface area contributed by atoms with Crippen LogP contribution in [0, 0.1) is 0 Å². The van der Waals surface area contributed by atoms with Crippen molar-refractivity contribution in [3.63, 3.8) is 0 Å². The summed E-state index contributed by atoms with van der Waals surface area (Å²) in [6.07, 6.45) is 0. The van der Waals surface area contributed by atoms with Crippen LogP contribution in [0.3, 0.4) is 0 Å². The standard InChI is InChI=1S/C60H40N6/c1-6-19-41(20-7-1)52-38-53(40-54(39-52)60-65-57(44-25-12-4-13-26-44)62-58(66-60)45-27-14-5-15-28-45)50-33-17-31-48(36-50)46-29-16-30-47(35-46)49-32-18-34-51(37-49)59-63-55(42-21-8-2-9-22-42)61-56(64-59)43-23-10-3-11-24-43/h1-40H. The average Bonchev–Trinajstić information content (AvgIpc) is 3.42. The summed E-state index contributed by atoms with van der Waals surface area (Å²) >= 11 is 0. The predicted octanol–water partition coefficient (Wildman–Crippen LogP) is 14.7. The number of hydrogen-bond acceptors (Lipinski definition) is 6. The molecule has 11 rings (SSSR count). The van der Waals surface area contributed by atoms with Gasteiger partial charge in [0.2, 0.25) is 0 Å². The largest absolute Gasteiger partial charge is 0.208 e. The number of aromatic nitrogens is 6. The fraction of sp³-hybridized carbons (Fsp3) is 0. The van der Waals surface area contributed by atoms with Crippen molar-refractivity contribution >= 4 is 0 Å². The van der Waals surface area contributed by atoms with Gasteiger partial charge in [-0.05, 0) is 80.9 Å². The van der Waals surface area contributed by atoms with E-state index in [1.165, 1.54) is 0 Å². The van der Waals surface area contributed by atoms with Gasteiger partial charge in [-0.2, -0.15) is 0 Å². The Morgan fingerprint density at radius 1 is 0.136 bits per heavy atom. The van der Waals surface area contributed by atoms with Gasteiger partial charge in [-0.15, -0.1) is 0 Å². The molecule has 11 aromatic rings. The Labute approximate surface area is 383 Å². The third kappa shape index (κ3) is 8.54. The van der Waals surface area contributed by atoms with Crippen LogP contribution in [0.25, 0.3) is 113 Å². The van der Waals surface area contributed by atoms with Crippen molar-refractivity contribution in [2.24, 2.45) is 0 Å². The minimum absolute atomic E-state index is 0.609. The fourth-order valence-corrected chi connectivity index (χ4v) is 8.19. The van der Waals surface area contributed by atoms with Crippen molar-refractivity contribution in [3.8, 4) is 113 Å². The van der Waals surface area contributed by atoms with Gasteiger partial charge in [0.25, 0.3) is 0 Å². The van der Waals surface area contributed by atoms with Gasteiger partial charge in [-0.3, -0.25) is 0 Å². The summed E-state index contributed by atoms with van der Waals surface area (Å²) in [5.74, 6) is 3.75. The highest BCUT2D eigenvalue weighted by molar-refractivity contribution is 5.83. The highest BCUT2D eigenvalue weighted by Crippen LogP contribution is 2.36. The van der Waals surface area contributed by atoms with E-state index in [0.717, 1.165) is 77.9 Å². The Kier molecular flexibility index (Phi) is 10.9. The van der Waals surface area contributed by atoms with E-state index in [2.05, 4.69) is 115 Å². The SMILES string of the molecule is c1ccc(-c2cc(-c3cccc(-c4cccc(-c5cccc(-c6nc(-c7ccccc7)nc(-c7ccccc7)n6)c5)c4)c3)cc(-c3nc(-c4ccccc4)nc(-c4ccccc4)n3)c2)cc1. The summed E-state index contributed by atoms with van der Waals surface area (Å²) < 4.78 is 0. The molecule has 0 atom stereocenters. The molecule has 0 unspecified atom stereocenters. The number of hydrogen-bond donors (Lipinski definition) is 0. The smallest absolute Gasteiger partial charge is 0.164 e. The molecule has 0 fully saturated rings. The Balaban J connectivity index is 0.972. The quantitative estimate of drug-likeness (QED) is 0.136. The van der Waals surface area contributed by atoms with Crippen LogP contribution in [0.4, 0.5) is 0 Å². The lowest BCUT2D eigenvalue weighted by atomic mass is 9.93. The molecule has 0 N–H and O–H groups in total. The van der Waals surface area contributed by atoms with E-state index < -0.39 is 0 Å². The molecule has 6 nitrogen and oxygen atoms in total. The molecule has 0 amide bonds. The van der Waals surface area contributed by atoms with E-state index in [-0.39, 0.29) is 0 Å². The van der Waals surface area contributed by atoms with Gasteiger partial charge in [0.1, 0.15) is 0 Å².